The van der Waals surface area contributed by atoms with Crippen molar-refractivity contribution < 1.29 is 9.53 Å². The molecule has 2 rings (SSSR count). The van der Waals surface area contributed by atoms with Crippen LogP contribution in [-0.4, -0.2) is 18.1 Å². The van der Waals surface area contributed by atoms with Crippen molar-refractivity contribution in [2.45, 2.75) is 0 Å². The van der Waals surface area contributed by atoms with Gasteiger partial charge >= 0.3 is 0 Å². The summed E-state index contributed by atoms with van der Waals surface area (Å²) in [6, 6.07) is 13.8. The molecular formula is C15H13ClN2O2S. The van der Waals surface area contributed by atoms with Crippen LogP contribution in [0.5, 0.6) is 5.75 Å². The minimum Gasteiger partial charge on any atom is -0.497 e. The van der Waals surface area contributed by atoms with Gasteiger partial charge in [-0.15, -0.1) is 0 Å². The van der Waals surface area contributed by atoms with Crippen LogP contribution in [0.1, 0.15) is 10.4 Å². The molecule has 0 unspecified atom stereocenters. The molecule has 2 aromatic carbocycles. The number of amides is 1. The number of ether oxygens (including phenoxy) is 1. The summed E-state index contributed by atoms with van der Waals surface area (Å²) < 4.78 is 5.04. The predicted octanol–water partition coefficient (Wildman–Crippen LogP) is 3.48. The fraction of sp³-hybridized carbons (Fsp3) is 0.0667. The lowest BCUT2D eigenvalue weighted by molar-refractivity contribution is 0.0977. The number of carbonyl (C=O) groups excluding carboxylic acids is 1. The van der Waals surface area contributed by atoms with Crippen LogP contribution in [0.25, 0.3) is 0 Å². The van der Waals surface area contributed by atoms with Crippen molar-refractivity contribution in [2.24, 2.45) is 0 Å². The predicted molar refractivity (Wildman–Crippen MR) is 88.1 cm³/mol. The highest BCUT2D eigenvalue weighted by atomic mass is 35.5. The second kappa shape index (κ2) is 7.06. The van der Waals surface area contributed by atoms with Crippen LogP contribution in [0.3, 0.4) is 0 Å². The van der Waals surface area contributed by atoms with Gasteiger partial charge in [0.25, 0.3) is 5.91 Å². The zero-order valence-corrected chi connectivity index (χ0v) is 12.8. The van der Waals surface area contributed by atoms with Crippen LogP contribution in [0.2, 0.25) is 5.02 Å². The van der Waals surface area contributed by atoms with Gasteiger partial charge in [-0.05, 0) is 60.7 Å². The Morgan fingerprint density at radius 3 is 2.29 bits per heavy atom. The van der Waals surface area contributed by atoms with Crippen molar-refractivity contribution in [3.05, 3.63) is 59.1 Å². The quantitative estimate of drug-likeness (QED) is 0.850. The van der Waals surface area contributed by atoms with E-state index in [-0.39, 0.29) is 11.0 Å². The summed E-state index contributed by atoms with van der Waals surface area (Å²) >= 11 is 10.9. The van der Waals surface area contributed by atoms with Crippen molar-refractivity contribution in [1.82, 2.24) is 5.32 Å². The summed E-state index contributed by atoms with van der Waals surface area (Å²) in [4.78, 5) is 12.0. The molecule has 0 aromatic heterocycles. The average molecular weight is 321 g/mol. The fourth-order valence-corrected chi connectivity index (χ4v) is 1.95. The molecule has 2 N–H and O–H groups in total. The summed E-state index contributed by atoms with van der Waals surface area (Å²) in [5.41, 5.74) is 1.25. The minimum absolute atomic E-state index is 0.221. The van der Waals surface area contributed by atoms with Crippen LogP contribution in [0.15, 0.2) is 48.5 Å². The van der Waals surface area contributed by atoms with E-state index in [1.807, 2.05) is 0 Å². The number of hydrogen-bond acceptors (Lipinski definition) is 3. The zero-order chi connectivity index (χ0) is 15.2. The van der Waals surface area contributed by atoms with Crippen LogP contribution < -0.4 is 15.4 Å². The number of hydrogen-bond donors (Lipinski definition) is 2. The second-order valence-electron chi connectivity index (χ2n) is 4.14. The van der Waals surface area contributed by atoms with E-state index < -0.39 is 0 Å². The van der Waals surface area contributed by atoms with E-state index in [0.29, 0.717) is 16.3 Å². The van der Waals surface area contributed by atoms with Gasteiger partial charge in [0.2, 0.25) is 0 Å². The summed E-state index contributed by atoms with van der Waals surface area (Å²) in [6.45, 7) is 0. The van der Waals surface area contributed by atoms with Gasteiger partial charge in [0.15, 0.2) is 5.11 Å². The average Bonchev–Trinajstić information content (AvgIpc) is 2.49. The molecule has 0 aliphatic rings. The third-order valence-corrected chi connectivity index (χ3v) is 3.14. The molecule has 0 bridgehead atoms. The Kier molecular flexibility index (Phi) is 5.14. The topological polar surface area (TPSA) is 50.4 Å². The van der Waals surface area contributed by atoms with Crippen LogP contribution >= 0.6 is 23.8 Å². The third kappa shape index (κ3) is 4.44. The molecule has 6 heteroatoms. The van der Waals surface area contributed by atoms with E-state index in [4.69, 9.17) is 28.6 Å². The molecule has 108 valence electrons. The van der Waals surface area contributed by atoms with E-state index in [9.17, 15) is 4.79 Å². The lowest BCUT2D eigenvalue weighted by Gasteiger charge is -2.10. The molecule has 0 aliphatic heterocycles. The Labute approximate surface area is 133 Å². The van der Waals surface area contributed by atoms with Gasteiger partial charge in [-0.1, -0.05) is 11.6 Å². The lowest BCUT2D eigenvalue weighted by Crippen LogP contribution is -2.34. The molecule has 1 amide bonds. The van der Waals surface area contributed by atoms with Crippen LogP contribution in [0.4, 0.5) is 5.69 Å². The fourth-order valence-electron chi connectivity index (χ4n) is 1.61. The molecule has 0 spiro atoms. The Bertz CT molecular complexity index is 642. The molecular weight excluding hydrogens is 308 g/mol. The molecule has 0 radical (unpaired) electrons. The standard InChI is InChI=1S/C15H13ClN2O2S/c1-20-13-8-2-10(3-9-13)14(19)18-15(21)17-12-6-4-11(16)5-7-12/h2-9H,1H3,(H2,17,18,19,21). The SMILES string of the molecule is COc1ccc(C(=O)NC(=S)Nc2ccc(Cl)cc2)cc1. The first-order valence-corrected chi connectivity index (χ1v) is 6.89. The normalized spacial score (nSPS) is 9.81. The molecule has 0 heterocycles. The molecule has 0 atom stereocenters. The van der Waals surface area contributed by atoms with Crippen molar-refractivity contribution >= 4 is 40.5 Å². The first-order valence-electron chi connectivity index (χ1n) is 6.10. The first kappa shape index (κ1) is 15.3. The number of rotatable bonds is 3. The Morgan fingerprint density at radius 1 is 1.10 bits per heavy atom. The summed E-state index contributed by atoms with van der Waals surface area (Å²) in [6.07, 6.45) is 0. The number of methoxy groups -OCH3 is 1. The molecule has 21 heavy (non-hydrogen) atoms. The second-order valence-corrected chi connectivity index (χ2v) is 4.99. The highest BCUT2D eigenvalue weighted by Crippen LogP contribution is 2.14. The van der Waals surface area contributed by atoms with Gasteiger partial charge in [-0.25, -0.2) is 0 Å². The van der Waals surface area contributed by atoms with Crippen molar-refractivity contribution in [3.8, 4) is 5.75 Å². The van der Waals surface area contributed by atoms with Crippen LogP contribution in [-0.2, 0) is 0 Å². The minimum atomic E-state index is -0.288. The molecule has 2 aromatic rings. The van der Waals surface area contributed by atoms with Gasteiger partial charge in [0, 0.05) is 16.3 Å². The number of anilines is 1. The van der Waals surface area contributed by atoms with E-state index in [1.54, 1.807) is 55.6 Å². The van der Waals surface area contributed by atoms with Gasteiger partial charge < -0.3 is 10.1 Å². The summed E-state index contributed by atoms with van der Waals surface area (Å²) in [7, 11) is 1.57. The number of halogens is 1. The lowest BCUT2D eigenvalue weighted by atomic mass is 10.2. The maximum absolute atomic E-state index is 12.0. The van der Waals surface area contributed by atoms with Gasteiger partial charge in [-0.2, -0.15) is 0 Å². The smallest absolute Gasteiger partial charge is 0.257 e. The van der Waals surface area contributed by atoms with Crippen molar-refractivity contribution in [2.75, 3.05) is 12.4 Å². The summed E-state index contributed by atoms with van der Waals surface area (Å²) in [5, 5.41) is 6.37. The van der Waals surface area contributed by atoms with Crippen molar-refractivity contribution in [1.29, 1.82) is 0 Å². The Morgan fingerprint density at radius 2 is 1.71 bits per heavy atom. The van der Waals surface area contributed by atoms with Crippen LogP contribution in [0, 0.1) is 0 Å². The Hall–Kier alpha value is -2.11. The monoisotopic (exact) mass is 320 g/mol. The third-order valence-electron chi connectivity index (χ3n) is 2.68. The molecule has 0 saturated heterocycles. The number of nitrogens with one attached hydrogen (secondary N) is 2. The number of thiocarbonyl (C=S) groups is 1. The molecule has 0 saturated carbocycles. The molecule has 0 fully saturated rings. The first-order chi connectivity index (χ1) is 10.1. The molecule has 4 nitrogen and oxygen atoms in total. The van der Waals surface area contributed by atoms with Gasteiger partial charge in [0.05, 0.1) is 7.11 Å². The molecule has 0 aliphatic carbocycles. The summed E-state index contributed by atoms with van der Waals surface area (Å²) in [5.74, 6) is 0.400. The number of benzene rings is 2. The van der Waals surface area contributed by atoms with Gasteiger partial charge in [0.1, 0.15) is 5.75 Å². The van der Waals surface area contributed by atoms with E-state index in [0.717, 1.165) is 5.69 Å². The Balaban J connectivity index is 1.95. The highest BCUT2D eigenvalue weighted by molar-refractivity contribution is 7.80. The largest absolute Gasteiger partial charge is 0.497 e. The van der Waals surface area contributed by atoms with Crippen molar-refractivity contribution in [3.63, 3.8) is 0 Å². The zero-order valence-electron chi connectivity index (χ0n) is 11.2. The van der Waals surface area contributed by atoms with Gasteiger partial charge in [-0.3, -0.25) is 10.1 Å². The maximum Gasteiger partial charge on any atom is 0.257 e. The van der Waals surface area contributed by atoms with E-state index >= 15 is 0 Å². The maximum atomic E-state index is 12.0. The van der Waals surface area contributed by atoms with E-state index in [1.165, 1.54) is 0 Å². The highest BCUT2D eigenvalue weighted by Gasteiger charge is 2.08. The van der Waals surface area contributed by atoms with E-state index in [2.05, 4.69) is 10.6 Å². The number of carbonyl (C=O) groups is 1.